The minimum Gasteiger partial charge on any atom is -0.349 e. The second-order valence-corrected chi connectivity index (χ2v) is 8.83. The number of rotatable bonds is 6. The molecule has 1 atom stereocenters. The molecule has 2 aliphatic heterocycles. The molecule has 0 saturated carbocycles. The molecule has 0 bridgehead atoms. The van der Waals surface area contributed by atoms with Crippen molar-refractivity contribution in [1.29, 1.82) is 0 Å². The molecule has 0 spiro atoms. The van der Waals surface area contributed by atoms with Crippen LogP contribution in [0.5, 0.6) is 0 Å². The lowest BCUT2D eigenvalue weighted by Crippen LogP contribution is -2.47. The van der Waals surface area contributed by atoms with E-state index < -0.39 is 0 Å². The van der Waals surface area contributed by atoms with Crippen molar-refractivity contribution in [3.8, 4) is 0 Å². The number of anilines is 1. The molecule has 2 fully saturated rings. The summed E-state index contributed by atoms with van der Waals surface area (Å²) in [5.74, 6) is -0.0572. The van der Waals surface area contributed by atoms with E-state index in [1.54, 1.807) is 11.0 Å². The molecule has 33 heavy (non-hydrogen) atoms. The minimum atomic E-state index is -0.115. The molecule has 7 heteroatoms. The van der Waals surface area contributed by atoms with Crippen LogP contribution in [-0.2, 0) is 4.79 Å². The van der Waals surface area contributed by atoms with Gasteiger partial charge in [0.1, 0.15) is 0 Å². The summed E-state index contributed by atoms with van der Waals surface area (Å²) in [5.41, 5.74) is 3.37. The van der Waals surface area contributed by atoms with Crippen LogP contribution >= 0.6 is 0 Å². The molecule has 1 unspecified atom stereocenters. The molecular weight excluding hydrogens is 416 g/mol. The molecule has 174 valence electrons. The van der Waals surface area contributed by atoms with Crippen LogP contribution in [0.15, 0.2) is 48.5 Å². The first-order valence-corrected chi connectivity index (χ1v) is 11.8. The van der Waals surface area contributed by atoms with Crippen molar-refractivity contribution in [3.05, 3.63) is 65.2 Å². The number of hydrogen-bond donors (Lipinski definition) is 2. The van der Waals surface area contributed by atoms with E-state index in [2.05, 4.69) is 10.6 Å². The number of carbonyl (C=O) groups is 3. The van der Waals surface area contributed by atoms with Crippen LogP contribution in [0, 0.1) is 6.92 Å². The van der Waals surface area contributed by atoms with Gasteiger partial charge in [-0.3, -0.25) is 14.5 Å². The lowest BCUT2D eigenvalue weighted by atomic mass is 9.93. The fraction of sp³-hybridized carbons (Fsp3) is 0.423. The van der Waals surface area contributed by atoms with Crippen molar-refractivity contribution >= 4 is 23.5 Å². The molecule has 2 aliphatic rings. The molecule has 2 aromatic carbocycles. The lowest BCUT2D eigenvalue weighted by molar-refractivity contribution is -0.134. The Hall–Kier alpha value is -3.35. The van der Waals surface area contributed by atoms with Gasteiger partial charge in [0.25, 0.3) is 5.91 Å². The van der Waals surface area contributed by atoms with Crippen LogP contribution in [-0.4, -0.2) is 55.0 Å². The van der Waals surface area contributed by atoms with Gasteiger partial charge in [0.2, 0.25) is 5.91 Å². The van der Waals surface area contributed by atoms with Gasteiger partial charge in [-0.15, -0.1) is 0 Å². The molecule has 0 aliphatic carbocycles. The maximum absolute atomic E-state index is 13.1. The maximum atomic E-state index is 13.1. The van der Waals surface area contributed by atoms with E-state index in [4.69, 9.17) is 0 Å². The van der Waals surface area contributed by atoms with Crippen LogP contribution in [0.3, 0.4) is 0 Å². The van der Waals surface area contributed by atoms with Crippen molar-refractivity contribution in [1.82, 2.24) is 15.5 Å². The van der Waals surface area contributed by atoms with Gasteiger partial charge in [-0.25, -0.2) is 4.79 Å². The van der Waals surface area contributed by atoms with Crippen LogP contribution in [0.25, 0.3) is 0 Å². The predicted octanol–water partition coefficient (Wildman–Crippen LogP) is 3.44. The number of piperidine rings is 1. The summed E-state index contributed by atoms with van der Waals surface area (Å²) in [6.07, 6.45) is 2.26. The van der Waals surface area contributed by atoms with Crippen LogP contribution in [0.1, 0.15) is 53.6 Å². The van der Waals surface area contributed by atoms with Gasteiger partial charge in [-0.1, -0.05) is 37.3 Å². The van der Waals surface area contributed by atoms with Gasteiger partial charge >= 0.3 is 6.03 Å². The molecule has 4 rings (SSSR count). The summed E-state index contributed by atoms with van der Waals surface area (Å²) in [6, 6.07) is 15.3. The zero-order chi connectivity index (χ0) is 23.4. The SMILES string of the molecule is CCC(C(=O)N1CCC(NC(=O)c2ccc(N3CCNC3=O)c(C)c2)CC1)c1ccccc1. The molecule has 0 radical (unpaired) electrons. The Balaban J connectivity index is 1.32. The van der Waals surface area contributed by atoms with E-state index in [1.165, 1.54) is 0 Å². The summed E-state index contributed by atoms with van der Waals surface area (Å²) < 4.78 is 0. The van der Waals surface area contributed by atoms with Crippen LogP contribution < -0.4 is 15.5 Å². The Morgan fingerprint density at radius 1 is 1.09 bits per heavy atom. The van der Waals surface area contributed by atoms with E-state index >= 15 is 0 Å². The predicted molar refractivity (Wildman–Crippen MR) is 128 cm³/mol. The Morgan fingerprint density at radius 2 is 1.82 bits per heavy atom. The highest BCUT2D eigenvalue weighted by molar-refractivity contribution is 5.98. The first-order valence-electron chi connectivity index (χ1n) is 11.8. The number of nitrogens with one attached hydrogen (secondary N) is 2. The van der Waals surface area contributed by atoms with Crippen molar-refractivity contribution < 1.29 is 14.4 Å². The topological polar surface area (TPSA) is 81.8 Å². The lowest BCUT2D eigenvalue weighted by Gasteiger charge is -2.34. The summed E-state index contributed by atoms with van der Waals surface area (Å²) in [5, 5.41) is 5.92. The number of urea groups is 1. The molecule has 4 amide bonds. The summed E-state index contributed by atoms with van der Waals surface area (Å²) in [6.45, 7) is 6.52. The highest BCUT2D eigenvalue weighted by atomic mass is 16.2. The average molecular weight is 449 g/mol. The molecular formula is C26H32N4O3. The second kappa shape index (κ2) is 10.1. The Kier molecular flexibility index (Phi) is 6.96. The third-order valence-corrected chi connectivity index (χ3v) is 6.66. The van der Waals surface area contributed by atoms with E-state index in [1.807, 2.05) is 61.2 Å². The van der Waals surface area contributed by atoms with Gasteiger partial charge in [0, 0.05) is 43.5 Å². The van der Waals surface area contributed by atoms with Gasteiger partial charge in [0.15, 0.2) is 0 Å². The summed E-state index contributed by atoms with van der Waals surface area (Å²) in [7, 11) is 0. The summed E-state index contributed by atoms with van der Waals surface area (Å²) >= 11 is 0. The third-order valence-electron chi connectivity index (χ3n) is 6.66. The standard InChI is InChI=1S/C26H32N4O3/c1-3-22(19-7-5-4-6-8-19)25(32)29-14-11-21(12-15-29)28-24(31)20-9-10-23(18(2)17-20)30-16-13-27-26(30)33/h4-10,17,21-22H,3,11-16H2,1-2H3,(H,27,33)(H,28,31). The van der Waals surface area contributed by atoms with E-state index in [-0.39, 0.29) is 29.8 Å². The average Bonchev–Trinajstić information content (AvgIpc) is 3.26. The number of carbonyl (C=O) groups excluding carboxylic acids is 3. The zero-order valence-corrected chi connectivity index (χ0v) is 19.3. The molecule has 2 heterocycles. The van der Waals surface area contributed by atoms with Crippen molar-refractivity contribution in [2.45, 2.75) is 45.1 Å². The first kappa shape index (κ1) is 22.8. The van der Waals surface area contributed by atoms with E-state index in [0.717, 1.165) is 36.1 Å². The second-order valence-electron chi connectivity index (χ2n) is 8.83. The number of benzene rings is 2. The molecule has 7 nitrogen and oxygen atoms in total. The summed E-state index contributed by atoms with van der Waals surface area (Å²) in [4.78, 5) is 41.5. The highest BCUT2D eigenvalue weighted by Gasteiger charge is 2.29. The molecule has 2 N–H and O–H groups in total. The normalized spacial score (nSPS) is 17.6. The number of nitrogens with zero attached hydrogens (tertiary/aromatic N) is 2. The molecule has 2 saturated heterocycles. The minimum absolute atomic E-state index is 0.0442. The zero-order valence-electron chi connectivity index (χ0n) is 19.3. The van der Waals surface area contributed by atoms with Crippen molar-refractivity contribution in [2.75, 3.05) is 31.1 Å². The van der Waals surface area contributed by atoms with Gasteiger partial charge in [-0.05, 0) is 55.5 Å². The maximum Gasteiger partial charge on any atom is 0.322 e. The molecule has 0 aromatic heterocycles. The fourth-order valence-electron chi connectivity index (χ4n) is 4.77. The third kappa shape index (κ3) is 5.02. The Morgan fingerprint density at radius 3 is 2.42 bits per heavy atom. The number of hydrogen-bond acceptors (Lipinski definition) is 3. The first-order chi connectivity index (χ1) is 16.0. The van der Waals surface area contributed by atoms with Crippen LogP contribution in [0.2, 0.25) is 0 Å². The number of aryl methyl sites for hydroxylation is 1. The Bertz CT molecular complexity index is 1020. The monoisotopic (exact) mass is 448 g/mol. The van der Waals surface area contributed by atoms with E-state index in [9.17, 15) is 14.4 Å². The van der Waals surface area contributed by atoms with E-state index in [0.29, 0.717) is 31.7 Å². The van der Waals surface area contributed by atoms with Gasteiger partial charge < -0.3 is 15.5 Å². The quantitative estimate of drug-likeness (QED) is 0.710. The van der Waals surface area contributed by atoms with Crippen LogP contribution in [0.4, 0.5) is 10.5 Å². The highest BCUT2D eigenvalue weighted by Crippen LogP contribution is 2.25. The van der Waals surface area contributed by atoms with Crippen molar-refractivity contribution in [2.24, 2.45) is 0 Å². The van der Waals surface area contributed by atoms with Crippen molar-refractivity contribution in [3.63, 3.8) is 0 Å². The van der Waals surface area contributed by atoms with Gasteiger partial charge in [0.05, 0.1) is 5.92 Å². The smallest absolute Gasteiger partial charge is 0.322 e. The number of likely N-dealkylation sites (tertiary alicyclic amines) is 1. The number of amides is 4. The Labute approximate surface area is 195 Å². The largest absolute Gasteiger partial charge is 0.349 e. The molecule has 2 aromatic rings. The fourth-order valence-corrected chi connectivity index (χ4v) is 4.77. The van der Waals surface area contributed by atoms with Gasteiger partial charge in [-0.2, -0.15) is 0 Å².